The summed E-state index contributed by atoms with van der Waals surface area (Å²) in [7, 11) is 0. The molecule has 0 spiro atoms. The van der Waals surface area contributed by atoms with Gasteiger partial charge in [0, 0.05) is 34.4 Å². The van der Waals surface area contributed by atoms with Crippen LogP contribution >= 0.6 is 0 Å². The minimum atomic E-state index is 0.838. The Morgan fingerprint density at radius 3 is 2.00 bits per heavy atom. The van der Waals surface area contributed by atoms with E-state index in [-0.39, 0.29) is 0 Å². The van der Waals surface area contributed by atoms with Gasteiger partial charge >= 0.3 is 0 Å². The average Bonchev–Trinajstić information content (AvgIpc) is 3.64. The van der Waals surface area contributed by atoms with Crippen LogP contribution in [0.25, 0.3) is 78.5 Å². The standard InChI is InChI=1S/C42H28N4/c1-4-12-29(13-5-1)20-21-30-22-24-37-35(28-30)34-23-25-38-39(41(34)45(37)32-16-8-3-9-17-32)40-42(44-27-26-43-40)46(38)36-19-11-10-18-33(36)31-14-6-2-7-15-31/h1-28H. The molecule has 0 radical (unpaired) electrons. The molecule has 0 aliphatic carbocycles. The van der Waals surface area contributed by atoms with Gasteiger partial charge in [-0.05, 0) is 53.1 Å². The first-order valence-corrected chi connectivity index (χ1v) is 15.5. The molecule has 4 nitrogen and oxygen atoms in total. The van der Waals surface area contributed by atoms with Crippen molar-refractivity contribution >= 4 is 56.0 Å². The Hall–Kier alpha value is -6.26. The molecule has 0 unspecified atom stereocenters. The van der Waals surface area contributed by atoms with E-state index >= 15 is 0 Å². The van der Waals surface area contributed by atoms with Gasteiger partial charge in [0.2, 0.25) is 0 Å². The second-order valence-corrected chi connectivity index (χ2v) is 11.5. The monoisotopic (exact) mass is 588 g/mol. The van der Waals surface area contributed by atoms with Gasteiger partial charge < -0.3 is 4.57 Å². The number of para-hydroxylation sites is 2. The first kappa shape index (κ1) is 26.2. The van der Waals surface area contributed by atoms with E-state index in [2.05, 4.69) is 161 Å². The first-order valence-electron chi connectivity index (χ1n) is 15.5. The van der Waals surface area contributed by atoms with E-state index < -0.39 is 0 Å². The summed E-state index contributed by atoms with van der Waals surface area (Å²) in [5, 5.41) is 3.47. The number of aromatic nitrogens is 4. The predicted octanol–water partition coefficient (Wildman–Crippen LogP) is 10.5. The molecule has 216 valence electrons. The number of nitrogens with zero attached hydrogens (tertiary/aromatic N) is 4. The molecule has 6 aromatic carbocycles. The molecule has 4 heteroatoms. The van der Waals surface area contributed by atoms with Crippen LogP contribution in [-0.4, -0.2) is 19.1 Å². The van der Waals surface area contributed by atoms with Crippen LogP contribution in [0.3, 0.4) is 0 Å². The van der Waals surface area contributed by atoms with E-state index in [9.17, 15) is 0 Å². The lowest BCUT2D eigenvalue weighted by molar-refractivity contribution is 1.12. The molecule has 9 aromatic rings. The summed E-state index contributed by atoms with van der Waals surface area (Å²) in [6.45, 7) is 0. The van der Waals surface area contributed by atoms with Crippen molar-refractivity contribution in [1.29, 1.82) is 0 Å². The Labute approximate surface area is 266 Å². The second kappa shape index (κ2) is 10.7. The third kappa shape index (κ3) is 4.15. The van der Waals surface area contributed by atoms with Crippen LogP contribution in [0.15, 0.2) is 158 Å². The summed E-state index contributed by atoms with van der Waals surface area (Å²) in [5.41, 5.74) is 11.9. The lowest BCUT2D eigenvalue weighted by Crippen LogP contribution is -1.98. The normalized spacial score (nSPS) is 11.8. The van der Waals surface area contributed by atoms with Crippen LogP contribution < -0.4 is 0 Å². The van der Waals surface area contributed by atoms with Gasteiger partial charge in [-0.15, -0.1) is 0 Å². The van der Waals surface area contributed by atoms with Crippen LogP contribution in [0.4, 0.5) is 0 Å². The Bertz CT molecular complexity index is 2560. The van der Waals surface area contributed by atoms with Crippen molar-refractivity contribution in [2.45, 2.75) is 0 Å². The number of benzene rings is 6. The van der Waals surface area contributed by atoms with Crippen molar-refractivity contribution in [2.24, 2.45) is 0 Å². The molecule has 3 heterocycles. The number of fused-ring (bicyclic) bond motifs is 7. The molecule has 3 aromatic heterocycles. The zero-order chi connectivity index (χ0) is 30.5. The molecule has 0 bridgehead atoms. The highest BCUT2D eigenvalue weighted by Crippen LogP contribution is 2.42. The number of rotatable bonds is 5. The van der Waals surface area contributed by atoms with E-state index in [0.717, 1.165) is 61.2 Å². The summed E-state index contributed by atoms with van der Waals surface area (Å²) >= 11 is 0. The minimum Gasteiger partial charge on any atom is -0.308 e. The molecule has 0 amide bonds. The van der Waals surface area contributed by atoms with Crippen molar-refractivity contribution in [3.63, 3.8) is 0 Å². The molecule has 0 aliphatic rings. The van der Waals surface area contributed by atoms with Crippen LogP contribution in [0.2, 0.25) is 0 Å². The van der Waals surface area contributed by atoms with Gasteiger partial charge in [0.05, 0.1) is 27.6 Å². The summed E-state index contributed by atoms with van der Waals surface area (Å²) in [5.74, 6) is 0. The maximum Gasteiger partial charge on any atom is 0.164 e. The Balaban J connectivity index is 1.38. The molecule has 0 fully saturated rings. The van der Waals surface area contributed by atoms with E-state index in [1.54, 1.807) is 12.4 Å². The van der Waals surface area contributed by atoms with Crippen LogP contribution in [-0.2, 0) is 0 Å². The molecule has 0 atom stereocenters. The predicted molar refractivity (Wildman–Crippen MR) is 192 cm³/mol. The molecular weight excluding hydrogens is 560 g/mol. The molecule has 0 aliphatic heterocycles. The summed E-state index contributed by atoms with van der Waals surface area (Å²) in [6, 6.07) is 51.4. The third-order valence-corrected chi connectivity index (χ3v) is 8.81. The third-order valence-electron chi connectivity index (χ3n) is 8.81. The SMILES string of the molecule is C(=Cc1ccc2c(c1)c1ccc3c(c4nccnc4n3-c3ccccc3-c3ccccc3)c1n2-c1ccccc1)c1ccccc1. The lowest BCUT2D eigenvalue weighted by atomic mass is 10.0. The number of hydrogen-bond donors (Lipinski definition) is 0. The second-order valence-electron chi connectivity index (χ2n) is 11.5. The average molecular weight is 589 g/mol. The highest BCUT2D eigenvalue weighted by molar-refractivity contribution is 6.25. The van der Waals surface area contributed by atoms with Gasteiger partial charge in [-0.3, -0.25) is 9.55 Å². The van der Waals surface area contributed by atoms with Crippen molar-refractivity contribution in [3.8, 4) is 22.5 Å². The minimum absolute atomic E-state index is 0.838. The smallest absolute Gasteiger partial charge is 0.164 e. The van der Waals surface area contributed by atoms with Gasteiger partial charge in [0.1, 0.15) is 5.52 Å². The Morgan fingerprint density at radius 2 is 1.17 bits per heavy atom. The fourth-order valence-electron chi connectivity index (χ4n) is 6.80. The molecule has 0 saturated carbocycles. The van der Waals surface area contributed by atoms with Gasteiger partial charge in [-0.2, -0.15) is 0 Å². The summed E-state index contributed by atoms with van der Waals surface area (Å²) in [4.78, 5) is 9.93. The Morgan fingerprint density at radius 1 is 0.500 bits per heavy atom. The van der Waals surface area contributed by atoms with Crippen LogP contribution in [0, 0.1) is 0 Å². The fraction of sp³-hybridized carbons (Fsp3) is 0. The molecule has 0 saturated heterocycles. The van der Waals surface area contributed by atoms with Gasteiger partial charge in [0.25, 0.3) is 0 Å². The maximum absolute atomic E-state index is 4.99. The maximum atomic E-state index is 4.99. The van der Waals surface area contributed by atoms with Gasteiger partial charge in [-0.1, -0.05) is 121 Å². The first-order chi connectivity index (χ1) is 22.8. The van der Waals surface area contributed by atoms with Crippen molar-refractivity contribution in [2.75, 3.05) is 0 Å². The quantitative estimate of drug-likeness (QED) is 0.188. The van der Waals surface area contributed by atoms with Crippen molar-refractivity contribution in [1.82, 2.24) is 19.1 Å². The van der Waals surface area contributed by atoms with Crippen molar-refractivity contribution in [3.05, 3.63) is 169 Å². The van der Waals surface area contributed by atoms with E-state index in [1.807, 2.05) is 6.07 Å². The number of hydrogen-bond acceptors (Lipinski definition) is 2. The highest BCUT2D eigenvalue weighted by Gasteiger charge is 2.23. The van der Waals surface area contributed by atoms with Crippen molar-refractivity contribution < 1.29 is 0 Å². The largest absolute Gasteiger partial charge is 0.308 e. The van der Waals surface area contributed by atoms with E-state index in [1.165, 1.54) is 16.3 Å². The van der Waals surface area contributed by atoms with Gasteiger partial charge in [-0.25, -0.2) is 4.98 Å². The molecule has 9 rings (SSSR count). The summed E-state index contributed by atoms with van der Waals surface area (Å²) in [6.07, 6.45) is 7.95. The zero-order valence-corrected chi connectivity index (χ0v) is 25.0. The summed E-state index contributed by atoms with van der Waals surface area (Å²) < 4.78 is 4.67. The topological polar surface area (TPSA) is 35.6 Å². The molecule has 0 N–H and O–H groups in total. The fourth-order valence-corrected chi connectivity index (χ4v) is 6.80. The van der Waals surface area contributed by atoms with Crippen LogP contribution in [0.1, 0.15) is 11.1 Å². The zero-order valence-electron chi connectivity index (χ0n) is 25.0. The van der Waals surface area contributed by atoms with E-state index in [0.29, 0.717) is 0 Å². The lowest BCUT2D eigenvalue weighted by Gasteiger charge is -2.13. The molecular formula is C42H28N4. The molecule has 46 heavy (non-hydrogen) atoms. The van der Waals surface area contributed by atoms with Crippen LogP contribution in [0.5, 0.6) is 0 Å². The van der Waals surface area contributed by atoms with Gasteiger partial charge in [0.15, 0.2) is 5.65 Å². The Kier molecular flexibility index (Phi) is 6.10. The van der Waals surface area contributed by atoms with E-state index in [4.69, 9.17) is 9.97 Å². The highest BCUT2D eigenvalue weighted by atomic mass is 15.1.